The topological polar surface area (TPSA) is 71.7 Å². The molecular formula is C18H24N4O3. The zero-order valence-electron chi connectivity index (χ0n) is 15.2. The molecule has 1 saturated heterocycles. The number of likely N-dealkylation sites (tertiary alicyclic amines) is 1. The normalized spacial score (nSPS) is 17.3. The highest BCUT2D eigenvalue weighted by Gasteiger charge is 2.31. The minimum absolute atomic E-state index is 0.0148. The number of nitrogens with zero attached hydrogens (tertiary/aromatic N) is 4. The Kier molecular flexibility index (Phi) is 5.03. The highest BCUT2D eigenvalue weighted by atomic mass is 16.5. The van der Waals surface area contributed by atoms with Gasteiger partial charge in [0.1, 0.15) is 23.2 Å². The van der Waals surface area contributed by atoms with Gasteiger partial charge in [-0.15, -0.1) is 0 Å². The molecule has 0 bridgehead atoms. The maximum absolute atomic E-state index is 12.7. The first kappa shape index (κ1) is 17.4. The van der Waals surface area contributed by atoms with Crippen molar-refractivity contribution in [3.8, 4) is 5.75 Å². The van der Waals surface area contributed by atoms with E-state index in [4.69, 9.17) is 9.26 Å². The molecule has 2 aromatic heterocycles. The summed E-state index contributed by atoms with van der Waals surface area (Å²) in [5.41, 5.74) is 2.16. The summed E-state index contributed by atoms with van der Waals surface area (Å²) in [5.74, 6) is 1.32. The molecule has 1 unspecified atom stereocenters. The van der Waals surface area contributed by atoms with E-state index in [2.05, 4.69) is 15.0 Å². The first-order valence-corrected chi connectivity index (χ1v) is 8.42. The molecule has 2 aromatic rings. The van der Waals surface area contributed by atoms with Crippen LogP contribution in [0.5, 0.6) is 5.75 Å². The molecule has 3 heterocycles. The summed E-state index contributed by atoms with van der Waals surface area (Å²) < 4.78 is 11.2. The van der Waals surface area contributed by atoms with Crippen molar-refractivity contribution in [3.63, 3.8) is 0 Å². The molecule has 1 aliphatic rings. The molecular weight excluding hydrogens is 320 g/mol. The molecule has 1 amide bonds. The third kappa shape index (κ3) is 3.99. The summed E-state index contributed by atoms with van der Waals surface area (Å²) in [6.45, 7) is 5.55. The maximum Gasteiger partial charge on any atom is 0.259 e. The van der Waals surface area contributed by atoms with Crippen LogP contribution in [-0.2, 0) is 6.54 Å². The van der Waals surface area contributed by atoms with Crippen molar-refractivity contribution >= 4 is 5.91 Å². The molecule has 134 valence electrons. The zero-order valence-corrected chi connectivity index (χ0v) is 15.2. The van der Waals surface area contributed by atoms with Crippen LogP contribution in [0.3, 0.4) is 0 Å². The van der Waals surface area contributed by atoms with Crippen molar-refractivity contribution in [1.29, 1.82) is 0 Å². The Morgan fingerprint density at radius 1 is 1.44 bits per heavy atom. The molecule has 1 aliphatic heterocycles. The Bertz CT molecular complexity index is 737. The molecule has 0 N–H and O–H groups in total. The van der Waals surface area contributed by atoms with E-state index < -0.39 is 0 Å². The Balaban J connectivity index is 1.63. The van der Waals surface area contributed by atoms with Crippen LogP contribution in [0.1, 0.15) is 33.9 Å². The summed E-state index contributed by atoms with van der Waals surface area (Å²) in [4.78, 5) is 20.9. The number of aryl methyl sites for hydroxylation is 2. The third-order valence-corrected chi connectivity index (χ3v) is 4.25. The van der Waals surface area contributed by atoms with Crippen LogP contribution < -0.4 is 4.74 Å². The predicted molar refractivity (Wildman–Crippen MR) is 92.5 cm³/mol. The van der Waals surface area contributed by atoms with Crippen molar-refractivity contribution in [1.82, 2.24) is 19.9 Å². The molecule has 3 rings (SSSR count). The smallest absolute Gasteiger partial charge is 0.259 e. The molecule has 0 aromatic carbocycles. The minimum atomic E-state index is -0.0367. The quantitative estimate of drug-likeness (QED) is 0.827. The summed E-state index contributed by atoms with van der Waals surface area (Å²) in [7, 11) is 4.01. The van der Waals surface area contributed by atoms with Gasteiger partial charge in [0.2, 0.25) is 0 Å². The first-order valence-electron chi connectivity index (χ1n) is 8.42. The summed E-state index contributed by atoms with van der Waals surface area (Å²) in [5, 5.41) is 3.86. The largest absolute Gasteiger partial charge is 0.488 e. The van der Waals surface area contributed by atoms with Crippen LogP contribution >= 0.6 is 0 Å². The number of amides is 1. The molecule has 7 heteroatoms. The van der Waals surface area contributed by atoms with E-state index in [-0.39, 0.29) is 12.0 Å². The van der Waals surface area contributed by atoms with Crippen LogP contribution in [0.2, 0.25) is 0 Å². The Hall–Kier alpha value is -2.41. The van der Waals surface area contributed by atoms with Crippen LogP contribution in [-0.4, -0.2) is 59.1 Å². The summed E-state index contributed by atoms with van der Waals surface area (Å²) >= 11 is 0. The van der Waals surface area contributed by atoms with E-state index in [1.54, 1.807) is 24.9 Å². The lowest BCUT2D eigenvalue weighted by Gasteiger charge is -2.17. The van der Waals surface area contributed by atoms with Crippen LogP contribution in [0.4, 0.5) is 0 Å². The molecule has 0 saturated carbocycles. The zero-order chi connectivity index (χ0) is 18.0. The van der Waals surface area contributed by atoms with Gasteiger partial charge in [-0.3, -0.25) is 9.78 Å². The van der Waals surface area contributed by atoms with Gasteiger partial charge in [0.05, 0.1) is 17.9 Å². The van der Waals surface area contributed by atoms with Gasteiger partial charge < -0.3 is 19.1 Å². The van der Waals surface area contributed by atoms with Crippen molar-refractivity contribution in [2.45, 2.75) is 32.9 Å². The number of hydrogen-bond donors (Lipinski definition) is 0. The number of pyridine rings is 1. The SMILES string of the molecule is Cc1noc(C)c1C(=O)N1CCC(Oc2ccnc(CN(C)C)c2)C1. The average Bonchev–Trinajstić information content (AvgIpc) is 3.13. The standard InChI is InChI=1S/C18H24N4O3/c1-12-17(13(2)25-20-12)18(23)22-8-6-16(11-22)24-15-5-7-19-14(9-15)10-21(3)4/h5,7,9,16H,6,8,10-11H2,1-4H3. The van der Waals surface area contributed by atoms with Crippen LogP contribution in [0.25, 0.3) is 0 Å². The van der Waals surface area contributed by atoms with Gasteiger partial charge in [-0.2, -0.15) is 0 Å². The van der Waals surface area contributed by atoms with E-state index in [0.717, 1.165) is 24.4 Å². The molecule has 1 atom stereocenters. The van der Waals surface area contributed by atoms with Gasteiger partial charge in [-0.25, -0.2) is 0 Å². The van der Waals surface area contributed by atoms with Gasteiger partial charge in [0.15, 0.2) is 0 Å². The van der Waals surface area contributed by atoms with Gasteiger partial charge in [-0.1, -0.05) is 5.16 Å². The summed E-state index contributed by atoms with van der Waals surface area (Å²) in [6.07, 6.45) is 2.55. The Morgan fingerprint density at radius 2 is 2.24 bits per heavy atom. The fourth-order valence-corrected chi connectivity index (χ4v) is 3.09. The van der Waals surface area contributed by atoms with Crippen LogP contribution in [0.15, 0.2) is 22.9 Å². The monoisotopic (exact) mass is 344 g/mol. The third-order valence-electron chi connectivity index (χ3n) is 4.25. The highest BCUT2D eigenvalue weighted by molar-refractivity contribution is 5.96. The number of carbonyl (C=O) groups excluding carboxylic acids is 1. The van der Waals surface area contributed by atoms with Crippen molar-refractivity contribution < 1.29 is 14.1 Å². The van der Waals surface area contributed by atoms with E-state index in [1.165, 1.54) is 0 Å². The lowest BCUT2D eigenvalue weighted by atomic mass is 10.2. The van der Waals surface area contributed by atoms with Crippen molar-refractivity contribution in [2.75, 3.05) is 27.2 Å². The summed E-state index contributed by atoms with van der Waals surface area (Å²) in [6, 6.07) is 3.82. The van der Waals surface area contributed by atoms with Gasteiger partial charge in [0.25, 0.3) is 5.91 Å². The second-order valence-electron chi connectivity index (χ2n) is 6.70. The predicted octanol–water partition coefficient (Wildman–Crippen LogP) is 2.04. The van der Waals surface area contributed by atoms with E-state index in [1.807, 2.05) is 26.2 Å². The van der Waals surface area contributed by atoms with Crippen molar-refractivity contribution in [3.05, 3.63) is 41.0 Å². The Morgan fingerprint density at radius 3 is 2.92 bits per heavy atom. The van der Waals surface area contributed by atoms with E-state index in [0.29, 0.717) is 30.1 Å². The number of hydrogen-bond acceptors (Lipinski definition) is 6. The van der Waals surface area contributed by atoms with Crippen molar-refractivity contribution in [2.24, 2.45) is 0 Å². The average molecular weight is 344 g/mol. The van der Waals surface area contributed by atoms with E-state index >= 15 is 0 Å². The maximum atomic E-state index is 12.7. The molecule has 7 nitrogen and oxygen atoms in total. The van der Waals surface area contributed by atoms with Gasteiger partial charge in [-0.05, 0) is 34.0 Å². The lowest BCUT2D eigenvalue weighted by Crippen LogP contribution is -2.31. The number of rotatable bonds is 5. The molecule has 0 radical (unpaired) electrons. The highest BCUT2D eigenvalue weighted by Crippen LogP contribution is 2.22. The number of aromatic nitrogens is 2. The fraction of sp³-hybridized carbons (Fsp3) is 0.500. The first-order chi connectivity index (χ1) is 11.9. The second kappa shape index (κ2) is 7.23. The molecule has 1 fully saturated rings. The lowest BCUT2D eigenvalue weighted by molar-refractivity contribution is 0.0770. The fourth-order valence-electron chi connectivity index (χ4n) is 3.09. The second-order valence-corrected chi connectivity index (χ2v) is 6.70. The number of ether oxygens (including phenoxy) is 1. The Labute approximate surface area is 147 Å². The molecule has 25 heavy (non-hydrogen) atoms. The number of carbonyl (C=O) groups is 1. The van der Waals surface area contributed by atoms with E-state index in [9.17, 15) is 4.79 Å². The van der Waals surface area contributed by atoms with Gasteiger partial charge in [0, 0.05) is 31.8 Å². The molecule has 0 aliphatic carbocycles. The van der Waals surface area contributed by atoms with Crippen LogP contribution in [0, 0.1) is 13.8 Å². The minimum Gasteiger partial charge on any atom is -0.488 e. The molecule has 0 spiro atoms. The van der Waals surface area contributed by atoms with Gasteiger partial charge >= 0.3 is 0 Å².